The molecule has 5 nitrogen and oxygen atoms in total. The van der Waals surface area contributed by atoms with Gasteiger partial charge in [-0.15, -0.1) is 0 Å². The molecule has 0 atom stereocenters. The number of ether oxygens (including phenoxy) is 1. The van der Waals surface area contributed by atoms with Gasteiger partial charge in [-0.3, -0.25) is 14.4 Å². The highest BCUT2D eigenvalue weighted by molar-refractivity contribution is 5.71. The summed E-state index contributed by atoms with van der Waals surface area (Å²) in [4.78, 5) is 13.3. The molecule has 0 bridgehead atoms. The van der Waals surface area contributed by atoms with E-state index >= 15 is 0 Å². The van der Waals surface area contributed by atoms with Crippen molar-refractivity contribution in [3.63, 3.8) is 0 Å². The number of methoxy groups -OCH3 is 1. The highest BCUT2D eigenvalue weighted by Gasteiger charge is 2.11. The topological polar surface area (TPSA) is 47.4 Å². The van der Waals surface area contributed by atoms with Crippen LogP contribution in [0.15, 0.2) is 12.4 Å². The summed E-state index contributed by atoms with van der Waals surface area (Å²) in [5.74, 6) is -0.197. The van der Waals surface area contributed by atoms with Crippen LogP contribution in [0.25, 0.3) is 0 Å². The van der Waals surface area contributed by atoms with E-state index in [9.17, 15) is 4.79 Å². The third-order valence-corrected chi connectivity index (χ3v) is 2.28. The Morgan fingerprint density at radius 1 is 1.62 bits per heavy atom. The maximum absolute atomic E-state index is 11.2. The molecular weight excluding hydrogens is 206 g/mol. The average molecular weight is 225 g/mol. The Morgan fingerprint density at radius 2 is 2.38 bits per heavy atom. The number of aromatic nitrogens is 2. The monoisotopic (exact) mass is 225 g/mol. The fourth-order valence-electron chi connectivity index (χ4n) is 1.59. The zero-order chi connectivity index (χ0) is 12.0. The van der Waals surface area contributed by atoms with Crippen molar-refractivity contribution in [3.05, 3.63) is 18.0 Å². The number of carbonyl (C=O) groups excluding carboxylic acids is 1. The summed E-state index contributed by atoms with van der Waals surface area (Å²) < 4.78 is 6.43. The van der Waals surface area contributed by atoms with Crippen molar-refractivity contribution in [2.75, 3.05) is 20.2 Å². The van der Waals surface area contributed by atoms with Crippen LogP contribution in [0.5, 0.6) is 0 Å². The van der Waals surface area contributed by atoms with Crippen molar-refractivity contribution in [2.45, 2.75) is 19.9 Å². The Bertz CT molecular complexity index is 336. The molecule has 0 fully saturated rings. The fraction of sp³-hybridized carbons (Fsp3) is 0.636. The van der Waals surface area contributed by atoms with Gasteiger partial charge < -0.3 is 4.74 Å². The molecule has 0 N–H and O–H groups in total. The second kappa shape index (κ2) is 6.27. The van der Waals surface area contributed by atoms with Crippen molar-refractivity contribution in [3.8, 4) is 0 Å². The second-order valence-corrected chi connectivity index (χ2v) is 3.81. The minimum atomic E-state index is -0.197. The van der Waals surface area contributed by atoms with Crippen LogP contribution >= 0.6 is 0 Å². The van der Waals surface area contributed by atoms with Crippen molar-refractivity contribution in [1.82, 2.24) is 14.7 Å². The number of esters is 1. The lowest BCUT2D eigenvalue weighted by Gasteiger charge is -2.19. The molecule has 1 aromatic heterocycles. The average Bonchev–Trinajstić information content (AvgIpc) is 2.64. The van der Waals surface area contributed by atoms with Crippen LogP contribution in [0, 0.1) is 0 Å². The zero-order valence-corrected chi connectivity index (χ0v) is 10.1. The Kier molecular flexibility index (Phi) is 4.98. The van der Waals surface area contributed by atoms with Crippen LogP contribution in [-0.4, -0.2) is 40.8 Å². The summed E-state index contributed by atoms with van der Waals surface area (Å²) in [6, 6.07) is 0. The van der Waals surface area contributed by atoms with E-state index in [1.54, 1.807) is 4.68 Å². The van der Waals surface area contributed by atoms with E-state index in [0.29, 0.717) is 6.54 Å². The normalized spacial score (nSPS) is 10.8. The van der Waals surface area contributed by atoms with Gasteiger partial charge in [0.05, 0.1) is 19.9 Å². The lowest BCUT2D eigenvalue weighted by atomic mass is 10.3. The van der Waals surface area contributed by atoms with Crippen molar-refractivity contribution in [2.24, 2.45) is 7.05 Å². The molecule has 1 aromatic rings. The van der Waals surface area contributed by atoms with Gasteiger partial charge in [0.2, 0.25) is 0 Å². The fourth-order valence-corrected chi connectivity index (χ4v) is 1.59. The molecule has 0 aromatic carbocycles. The molecule has 0 saturated heterocycles. The molecule has 0 aliphatic rings. The summed E-state index contributed by atoms with van der Waals surface area (Å²) in [6.07, 6.45) is 4.79. The van der Waals surface area contributed by atoms with Gasteiger partial charge in [-0.05, 0) is 13.0 Å². The molecule has 90 valence electrons. The number of aryl methyl sites for hydroxylation is 1. The van der Waals surface area contributed by atoms with Crippen LogP contribution < -0.4 is 0 Å². The first-order valence-corrected chi connectivity index (χ1v) is 5.42. The predicted molar refractivity (Wildman–Crippen MR) is 60.8 cm³/mol. The summed E-state index contributed by atoms with van der Waals surface area (Å²) in [5, 5.41) is 4.10. The molecule has 0 amide bonds. The van der Waals surface area contributed by atoms with Crippen LogP contribution in [0.4, 0.5) is 0 Å². The first-order valence-electron chi connectivity index (χ1n) is 5.42. The van der Waals surface area contributed by atoms with Gasteiger partial charge in [0, 0.05) is 25.4 Å². The van der Waals surface area contributed by atoms with Gasteiger partial charge in [0.15, 0.2) is 0 Å². The van der Waals surface area contributed by atoms with Crippen molar-refractivity contribution in [1.29, 1.82) is 0 Å². The maximum Gasteiger partial charge on any atom is 0.319 e. The Morgan fingerprint density at radius 3 is 2.88 bits per heavy atom. The second-order valence-electron chi connectivity index (χ2n) is 3.81. The Labute approximate surface area is 96.0 Å². The summed E-state index contributed by atoms with van der Waals surface area (Å²) in [5.41, 5.74) is 1.11. The molecule has 16 heavy (non-hydrogen) atoms. The number of hydrogen-bond acceptors (Lipinski definition) is 4. The Hall–Kier alpha value is -1.36. The number of nitrogens with zero attached hydrogens (tertiary/aromatic N) is 3. The lowest BCUT2D eigenvalue weighted by Crippen LogP contribution is -2.30. The van der Waals surface area contributed by atoms with E-state index in [4.69, 9.17) is 0 Å². The van der Waals surface area contributed by atoms with Gasteiger partial charge in [0.25, 0.3) is 0 Å². The van der Waals surface area contributed by atoms with Crippen molar-refractivity contribution >= 4 is 5.97 Å². The van der Waals surface area contributed by atoms with Crippen LogP contribution in [0.2, 0.25) is 0 Å². The Balaban J connectivity index is 2.53. The van der Waals surface area contributed by atoms with E-state index in [0.717, 1.165) is 25.1 Å². The third-order valence-electron chi connectivity index (χ3n) is 2.28. The largest absolute Gasteiger partial charge is 0.468 e. The minimum absolute atomic E-state index is 0.197. The summed E-state index contributed by atoms with van der Waals surface area (Å²) in [7, 11) is 3.30. The van der Waals surface area contributed by atoms with Crippen LogP contribution in [-0.2, 0) is 23.1 Å². The molecule has 0 saturated carbocycles. The van der Waals surface area contributed by atoms with E-state index in [2.05, 4.69) is 21.7 Å². The van der Waals surface area contributed by atoms with E-state index in [1.165, 1.54) is 7.11 Å². The maximum atomic E-state index is 11.2. The van der Waals surface area contributed by atoms with Crippen LogP contribution in [0.1, 0.15) is 18.9 Å². The number of carbonyl (C=O) groups is 1. The SMILES string of the molecule is CCCN(CC(=O)OC)Cc1cnn(C)c1. The van der Waals surface area contributed by atoms with E-state index in [1.807, 2.05) is 19.4 Å². The molecule has 1 rings (SSSR count). The highest BCUT2D eigenvalue weighted by Crippen LogP contribution is 2.04. The third kappa shape index (κ3) is 4.02. The van der Waals surface area contributed by atoms with Gasteiger partial charge >= 0.3 is 5.97 Å². The van der Waals surface area contributed by atoms with Gasteiger partial charge in [-0.1, -0.05) is 6.92 Å². The molecule has 0 unspecified atom stereocenters. The molecule has 5 heteroatoms. The van der Waals surface area contributed by atoms with Gasteiger partial charge in [0.1, 0.15) is 0 Å². The van der Waals surface area contributed by atoms with Gasteiger partial charge in [-0.25, -0.2) is 0 Å². The lowest BCUT2D eigenvalue weighted by molar-refractivity contribution is -0.142. The predicted octanol–water partition coefficient (Wildman–Crippen LogP) is 0.805. The molecular formula is C11H19N3O2. The molecule has 0 aliphatic heterocycles. The summed E-state index contributed by atoms with van der Waals surface area (Å²) >= 11 is 0. The molecule has 0 radical (unpaired) electrons. The first-order chi connectivity index (χ1) is 7.65. The number of rotatable bonds is 6. The van der Waals surface area contributed by atoms with E-state index < -0.39 is 0 Å². The standard InChI is InChI=1S/C11H19N3O2/c1-4-5-14(9-11(15)16-3)8-10-6-12-13(2)7-10/h6-7H,4-5,8-9H2,1-3H3. The smallest absolute Gasteiger partial charge is 0.319 e. The number of hydrogen-bond donors (Lipinski definition) is 0. The zero-order valence-electron chi connectivity index (χ0n) is 10.1. The first kappa shape index (κ1) is 12.7. The quantitative estimate of drug-likeness (QED) is 0.672. The highest BCUT2D eigenvalue weighted by atomic mass is 16.5. The minimum Gasteiger partial charge on any atom is -0.468 e. The van der Waals surface area contributed by atoms with Crippen molar-refractivity contribution < 1.29 is 9.53 Å². The summed E-state index contributed by atoms with van der Waals surface area (Å²) in [6.45, 7) is 4.04. The molecule has 0 aliphatic carbocycles. The molecule has 1 heterocycles. The van der Waals surface area contributed by atoms with Gasteiger partial charge in [-0.2, -0.15) is 5.10 Å². The van der Waals surface area contributed by atoms with E-state index in [-0.39, 0.29) is 5.97 Å². The van der Waals surface area contributed by atoms with Crippen LogP contribution in [0.3, 0.4) is 0 Å². The molecule has 0 spiro atoms.